The maximum Gasteiger partial charge on any atom is 0.357 e. The van der Waals surface area contributed by atoms with Crippen molar-refractivity contribution >= 4 is 5.97 Å². The molecule has 1 aromatic heterocycles. The Kier molecular flexibility index (Phi) is 4.01. The van der Waals surface area contributed by atoms with Crippen molar-refractivity contribution < 1.29 is 9.53 Å². The van der Waals surface area contributed by atoms with Crippen molar-refractivity contribution in [1.82, 2.24) is 9.55 Å². The van der Waals surface area contributed by atoms with Crippen molar-refractivity contribution in [1.29, 1.82) is 0 Å². The lowest BCUT2D eigenvalue weighted by Gasteiger charge is -2.40. The Morgan fingerprint density at radius 1 is 1.36 bits per heavy atom. The van der Waals surface area contributed by atoms with Gasteiger partial charge in [-0.1, -0.05) is 37.3 Å². The highest BCUT2D eigenvalue weighted by atomic mass is 16.6. The van der Waals surface area contributed by atoms with Gasteiger partial charge in [-0.15, -0.1) is 0 Å². The molecule has 2 aromatic rings. The number of hydrogen-bond donors (Lipinski definition) is 0. The Morgan fingerprint density at radius 3 is 2.68 bits per heavy atom. The van der Waals surface area contributed by atoms with E-state index in [2.05, 4.69) is 31.0 Å². The van der Waals surface area contributed by atoms with Gasteiger partial charge in [0.1, 0.15) is 11.3 Å². The molecule has 1 aliphatic rings. The lowest BCUT2D eigenvalue weighted by Crippen LogP contribution is -2.41. The van der Waals surface area contributed by atoms with Crippen LogP contribution in [0.15, 0.2) is 42.9 Å². The van der Waals surface area contributed by atoms with Crippen molar-refractivity contribution in [2.45, 2.75) is 51.2 Å². The summed E-state index contributed by atoms with van der Waals surface area (Å²) in [6.07, 6.45) is 7.26. The van der Waals surface area contributed by atoms with Crippen LogP contribution in [0.1, 0.15) is 61.6 Å². The van der Waals surface area contributed by atoms with E-state index in [0.717, 1.165) is 31.2 Å². The molecule has 0 spiro atoms. The number of nitrogens with zero attached hydrogens (tertiary/aromatic N) is 2. The molecule has 0 N–H and O–H groups in total. The molecule has 0 aliphatic heterocycles. The normalized spacial score (nSPS) is 17.5. The standard InChI is InChI=1S/C18H22N2O2/c1-3-18(10-7-11-18)22-17(21)16-12-19-13-20(16)14(2)15-8-5-4-6-9-15/h4-6,8-9,12-14H,3,7,10-11H2,1-2H3. The SMILES string of the molecule is CCC1(OC(=O)c2cncn2C(C)c2ccccc2)CCC1. The zero-order valence-electron chi connectivity index (χ0n) is 13.2. The van der Waals surface area contributed by atoms with Crippen LogP contribution in [0.2, 0.25) is 0 Å². The minimum Gasteiger partial charge on any atom is -0.454 e. The molecule has 0 bridgehead atoms. The molecule has 3 rings (SSSR count). The third-order valence-electron chi connectivity index (χ3n) is 4.79. The lowest BCUT2D eigenvalue weighted by molar-refractivity contribution is -0.0650. The highest BCUT2D eigenvalue weighted by molar-refractivity contribution is 5.87. The van der Waals surface area contributed by atoms with Crippen LogP contribution >= 0.6 is 0 Å². The summed E-state index contributed by atoms with van der Waals surface area (Å²) in [7, 11) is 0. The fourth-order valence-electron chi connectivity index (χ4n) is 3.01. The molecule has 0 saturated heterocycles. The molecule has 1 heterocycles. The summed E-state index contributed by atoms with van der Waals surface area (Å²) in [6.45, 7) is 4.14. The zero-order valence-corrected chi connectivity index (χ0v) is 13.2. The Hall–Kier alpha value is -2.10. The first-order valence-electron chi connectivity index (χ1n) is 7.95. The smallest absolute Gasteiger partial charge is 0.357 e. The van der Waals surface area contributed by atoms with Crippen molar-refractivity contribution in [3.63, 3.8) is 0 Å². The Labute approximate surface area is 131 Å². The summed E-state index contributed by atoms with van der Waals surface area (Å²) in [5.74, 6) is -0.262. The van der Waals surface area contributed by atoms with E-state index in [1.807, 2.05) is 22.8 Å². The van der Waals surface area contributed by atoms with Gasteiger partial charge in [0.05, 0.1) is 18.6 Å². The topological polar surface area (TPSA) is 44.1 Å². The fraction of sp³-hybridized carbons (Fsp3) is 0.444. The molecule has 0 radical (unpaired) electrons. The van der Waals surface area contributed by atoms with Crippen molar-refractivity contribution in [2.24, 2.45) is 0 Å². The zero-order chi connectivity index (χ0) is 15.6. The van der Waals surface area contributed by atoms with Crippen LogP contribution in [0.4, 0.5) is 0 Å². The van der Waals surface area contributed by atoms with E-state index < -0.39 is 0 Å². The van der Waals surface area contributed by atoms with Gasteiger partial charge in [0.25, 0.3) is 0 Å². The molecule has 1 saturated carbocycles. The van der Waals surface area contributed by atoms with Gasteiger partial charge < -0.3 is 9.30 Å². The molecular weight excluding hydrogens is 276 g/mol. The molecule has 1 unspecified atom stereocenters. The van der Waals surface area contributed by atoms with E-state index >= 15 is 0 Å². The number of benzene rings is 1. The molecule has 1 aromatic carbocycles. The Morgan fingerprint density at radius 2 is 2.09 bits per heavy atom. The second kappa shape index (κ2) is 5.95. The fourth-order valence-corrected chi connectivity index (χ4v) is 3.01. The van der Waals surface area contributed by atoms with Gasteiger partial charge in [-0.05, 0) is 38.2 Å². The van der Waals surface area contributed by atoms with E-state index in [1.54, 1.807) is 12.5 Å². The lowest BCUT2D eigenvalue weighted by atomic mass is 9.78. The summed E-state index contributed by atoms with van der Waals surface area (Å²) in [5, 5.41) is 0. The summed E-state index contributed by atoms with van der Waals surface area (Å²) in [5.41, 5.74) is 1.42. The van der Waals surface area contributed by atoms with Crippen LogP contribution < -0.4 is 0 Å². The van der Waals surface area contributed by atoms with Gasteiger partial charge in [-0.3, -0.25) is 0 Å². The molecule has 116 valence electrons. The van der Waals surface area contributed by atoms with Crippen LogP contribution in [0.25, 0.3) is 0 Å². The molecule has 4 nitrogen and oxygen atoms in total. The summed E-state index contributed by atoms with van der Waals surface area (Å²) in [6, 6.07) is 10.1. The number of rotatable bonds is 5. The molecule has 0 amide bonds. The third kappa shape index (κ3) is 2.65. The highest BCUT2D eigenvalue weighted by Crippen LogP contribution is 2.39. The van der Waals surface area contributed by atoms with E-state index in [4.69, 9.17) is 4.74 Å². The molecule has 4 heteroatoms. The minimum atomic E-state index is -0.262. The molecule has 1 atom stereocenters. The van der Waals surface area contributed by atoms with Crippen LogP contribution in [0.5, 0.6) is 0 Å². The van der Waals surface area contributed by atoms with E-state index in [-0.39, 0.29) is 17.6 Å². The van der Waals surface area contributed by atoms with Crippen LogP contribution in [0, 0.1) is 0 Å². The number of hydrogen-bond acceptors (Lipinski definition) is 3. The molecule has 22 heavy (non-hydrogen) atoms. The van der Waals surface area contributed by atoms with Crippen molar-refractivity contribution in [3.05, 3.63) is 54.1 Å². The molecule has 1 aliphatic carbocycles. The van der Waals surface area contributed by atoms with Gasteiger partial charge in [-0.2, -0.15) is 0 Å². The van der Waals surface area contributed by atoms with Crippen LogP contribution in [0.3, 0.4) is 0 Å². The first-order valence-corrected chi connectivity index (χ1v) is 7.95. The number of ether oxygens (including phenoxy) is 1. The summed E-state index contributed by atoms with van der Waals surface area (Å²) >= 11 is 0. The number of carbonyl (C=O) groups excluding carboxylic acids is 1. The first kappa shape index (κ1) is 14.8. The highest BCUT2D eigenvalue weighted by Gasteiger charge is 2.39. The Balaban J connectivity index is 1.81. The monoisotopic (exact) mass is 298 g/mol. The van der Waals surface area contributed by atoms with Crippen LogP contribution in [-0.4, -0.2) is 21.1 Å². The summed E-state index contributed by atoms with van der Waals surface area (Å²) in [4.78, 5) is 16.7. The van der Waals surface area contributed by atoms with Gasteiger partial charge >= 0.3 is 5.97 Å². The maximum absolute atomic E-state index is 12.5. The van der Waals surface area contributed by atoms with Gasteiger partial charge in [0.2, 0.25) is 0 Å². The minimum absolute atomic E-state index is 0.0465. The van der Waals surface area contributed by atoms with E-state index in [1.165, 1.54) is 0 Å². The summed E-state index contributed by atoms with van der Waals surface area (Å²) < 4.78 is 7.68. The average Bonchev–Trinajstić information content (AvgIpc) is 3.00. The number of esters is 1. The van der Waals surface area contributed by atoms with E-state index in [0.29, 0.717) is 5.69 Å². The number of aromatic nitrogens is 2. The number of carbonyl (C=O) groups is 1. The molecular formula is C18H22N2O2. The first-order chi connectivity index (χ1) is 10.7. The average molecular weight is 298 g/mol. The van der Waals surface area contributed by atoms with Gasteiger partial charge in [0.15, 0.2) is 0 Å². The van der Waals surface area contributed by atoms with Crippen molar-refractivity contribution in [2.75, 3.05) is 0 Å². The quantitative estimate of drug-likeness (QED) is 0.784. The second-order valence-electron chi connectivity index (χ2n) is 6.05. The predicted molar refractivity (Wildman–Crippen MR) is 84.8 cm³/mol. The maximum atomic E-state index is 12.5. The van der Waals surface area contributed by atoms with Crippen LogP contribution in [-0.2, 0) is 4.74 Å². The van der Waals surface area contributed by atoms with Crippen molar-refractivity contribution in [3.8, 4) is 0 Å². The third-order valence-corrected chi connectivity index (χ3v) is 4.79. The number of imidazole rings is 1. The van der Waals surface area contributed by atoms with Gasteiger partial charge in [0, 0.05) is 0 Å². The van der Waals surface area contributed by atoms with Gasteiger partial charge in [-0.25, -0.2) is 9.78 Å². The van der Waals surface area contributed by atoms with E-state index in [9.17, 15) is 4.79 Å². The predicted octanol–water partition coefficient (Wildman–Crippen LogP) is 3.98. The second-order valence-corrected chi connectivity index (χ2v) is 6.05. The largest absolute Gasteiger partial charge is 0.454 e. The molecule has 1 fully saturated rings. The Bertz CT molecular complexity index is 639.